The number of rotatable bonds is 5. The summed E-state index contributed by atoms with van der Waals surface area (Å²) in [4.78, 5) is 0.178. The van der Waals surface area contributed by atoms with Gasteiger partial charge in [0, 0.05) is 12.1 Å². The van der Waals surface area contributed by atoms with Gasteiger partial charge < -0.3 is 4.57 Å². The predicted octanol–water partition coefficient (Wildman–Crippen LogP) is 4.49. The Morgan fingerprint density at radius 3 is 2.40 bits per heavy atom. The van der Waals surface area contributed by atoms with E-state index in [0.717, 1.165) is 27.1 Å². The largest absolute Gasteiger partial charge is 0.312 e. The maximum absolute atomic E-state index is 13.2. The minimum atomic E-state index is -3.76. The monoisotopic (exact) mass is 456 g/mol. The molecule has 0 aliphatic heterocycles. The number of aromatic nitrogens is 3. The van der Waals surface area contributed by atoms with Crippen LogP contribution in [0.5, 0.6) is 0 Å². The summed E-state index contributed by atoms with van der Waals surface area (Å²) in [5.74, 6) is 0. The standard InChI is InChI=1S/C21H17ClN4O2S2/c1-26-12-23-24-21(26)29-20-17-7-3-5-13-4-2-6-16(18(13)17)19(20)25-30(27,28)15-10-8-14(22)9-11-15/h2-12,19-20,25H,1H3/t19-,20+/m1/s1. The Balaban J connectivity index is 1.60. The fourth-order valence-electron chi connectivity index (χ4n) is 3.84. The first-order chi connectivity index (χ1) is 14.4. The summed E-state index contributed by atoms with van der Waals surface area (Å²) in [6.45, 7) is 0. The number of thioether (sulfide) groups is 1. The van der Waals surface area contributed by atoms with Crippen LogP contribution < -0.4 is 4.72 Å². The van der Waals surface area contributed by atoms with Crippen molar-refractivity contribution in [3.05, 3.63) is 83.1 Å². The highest BCUT2D eigenvalue weighted by molar-refractivity contribution is 7.99. The number of nitrogens with zero attached hydrogens (tertiary/aromatic N) is 3. The lowest BCUT2D eigenvalue weighted by Gasteiger charge is -2.22. The molecule has 152 valence electrons. The lowest BCUT2D eigenvalue weighted by Crippen LogP contribution is -2.30. The molecule has 1 aliphatic carbocycles. The zero-order valence-corrected chi connectivity index (χ0v) is 18.2. The van der Waals surface area contributed by atoms with Gasteiger partial charge in [0.05, 0.1) is 16.2 Å². The van der Waals surface area contributed by atoms with Crippen molar-refractivity contribution in [1.29, 1.82) is 0 Å². The molecule has 0 saturated heterocycles. The summed E-state index contributed by atoms with van der Waals surface area (Å²) in [6.07, 6.45) is 1.64. The van der Waals surface area contributed by atoms with Crippen LogP contribution in [0.2, 0.25) is 5.02 Å². The molecule has 5 rings (SSSR count). The molecule has 3 aromatic carbocycles. The van der Waals surface area contributed by atoms with Crippen LogP contribution in [0.15, 0.2) is 77.0 Å². The van der Waals surface area contributed by atoms with E-state index in [1.807, 2.05) is 41.9 Å². The zero-order chi connectivity index (χ0) is 20.9. The van der Waals surface area contributed by atoms with Crippen LogP contribution in [0.4, 0.5) is 0 Å². The minimum Gasteiger partial charge on any atom is -0.312 e. The summed E-state index contributed by atoms with van der Waals surface area (Å²) < 4.78 is 31.1. The molecular formula is C21H17ClN4O2S2. The van der Waals surface area contributed by atoms with Gasteiger partial charge in [0.2, 0.25) is 10.0 Å². The molecule has 0 amide bonds. The maximum atomic E-state index is 13.2. The van der Waals surface area contributed by atoms with Crippen molar-refractivity contribution >= 4 is 44.2 Å². The highest BCUT2D eigenvalue weighted by Crippen LogP contribution is 2.52. The molecule has 0 spiro atoms. The van der Waals surface area contributed by atoms with Crippen molar-refractivity contribution in [2.75, 3.05) is 0 Å². The quantitative estimate of drug-likeness (QED) is 0.478. The van der Waals surface area contributed by atoms with Gasteiger partial charge in [-0.3, -0.25) is 0 Å². The summed E-state index contributed by atoms with van der Waals surface area (Å²) in [6, 6.07) is 17.8. The van der Waals surface area contributed by atoms with Crippen molar-refractivity contribution < 1.29 is 8.42 Å². The van der Waals surface area contributed by atoms with Crippen LogP contribution in [0, 0.1) is 0 Å². The first kappa shape index (κ1) is 19.6. The molecule has 0 fully saturated rings. The van der Waals surface area contributed by atoms with Crippen molar-refractivity contribution in [2.45, 2.75) is 21.3 Å². The molecule has 6 nitrogen and oxygen atoms in total. The van der Waals surface area contributed by atoms with E-state index in [-0.39, 0.29) is 10.1 Å². The number of aryl methyl sites for hydroxylation is 1. The van der Waals surface area contributed by atoms with E-state index >= 15 is 0 Å². The molecule has 9 heteroatoms. The Hall–Kier alpha value is -2.39. The van der Waals surface area contributed by atoms with Gasteiger partial charge in [-0.2, -0.15) is 0 Å². The third-order valence-corrected chi connectivity index (χ3v) is 8.29. The Morgan fingerprint density at radius 2 is 1.73 bits per heavy atom. The van der Waals surface area contributed by atoms with Gasteiger partial charge in [0.15, 0.2) is 5.16 Å². The second kappa shape index (κ2) is 7.39. The lowest BCUT2D eigenvalue weighted by molar-refractivity contribution is 0.557. The highest BCUT2D eigenvalue weighted by Gasteiger charge is 2.38. The maximum Gasteiger partial charge on any atom is 0.241 e. The molecule has 2 atom stereocenters. The predicted molar refractivity (Wildman–Crippen MR) is 118 cm³/mol. The highest BCUT2D eigenvalue weighted by atomic mass is 35.5. The van der Waals surface area contributed by atoms with Crippen molar-refractivity contribution in [1.82, 2.24) is 19.5 Å². The average molecular weight is 457 g/mol. The summed E-state index contributed by atoms with van der Waals surface area (Å²) in [5, 5.41) is 11.3. The Bertz CT molecular complexity index is 1350. The Morgan fingerprint density at radius 1 is 1.03 bits per heavy atom. The zero-order valence-electron chi connectivity index (χ0n) is 15.9. The Kier molecular flexibility index (Phi) is 4.82. The van der Waals surface area contributed by atoms with Gasteiger partial charge in [0.1, 0.15) is 6.33 Å². The molecule has 0 bridgehead atoms. The topological polar surface area (TPSA) is 76.9 Å². The van der Waals surface area contributed by atoms with E-state index in [1.165, 1.54) is 23.9 Å². The number of nitrogens with one attached hydrogen (secondary N) is 1. The minimum absolute atomic E-state index is 0.178. The number of hydrogen-bond donors (Lipinski definition) is 1. The number of sulfonamides is 1. The van der Waals surface area contributed by atoms with Gasteiger partial charge in [-0.15, -0.1) is 10.2 Å². The van der Waals surface area contributed by atoms with Gasteiger partial charge in [0.25, 0.3) is 0 Å². The summed E-state index contributed by atoms with van der Waals surface area (Å²) >= 11 is 7.43. The van der Waals surface area contributed by atoms with Crippen molar-refractivity contribution in [3.8, 4) is 0 Å². The van der Waals surface area contributed by atoms with Crippen molar-refractivity contribution in [3.63, 3.8) is 0 Å². The third kappa shape index (κ3) is 3.30. The van der Waals surface area contributed by atoms with Gasteiger partial charge in [-0.25, -0.2) is 13.1 Å². The van der Waals surface area contributed by atoms with Crippen LogP contribution >= 0.6 is 23.4 Å². The van der Waals surface area contributed by atoms with Crippen LogP contribution in [-0.2, 0) is 17.1 Å². The summed E-state index contributed by atoms with van der Waals surface area (Å²) in [7, 11) is -1.89. The molecule has 1 aromatic heterocycles. The molecule has 30 heavy (non-hydrogen) atoms. The van der Waals surface area contributed by atoms with Crippen LogP contribution in [0.25, 0.3) is 10.8 Å². The van der Waals surface area contributed by atoms with Crippen molar-refractivity contribution in [2.24, 2.45) is 7.05 Å². The van der Waals surface area contributed by atoms with E-state index in [2.05, 4.69) is 21.0 Å². The summed E-state index contributed by atoms with van der Waals surface area (Å²) in [5.41, 5.74) is 2.04. The molecule has 1 heterocycles. The second-order valence-corrected chi connectivity index (χ2v) is 10.4. The van der Waals surface area contributed by atoms with E-state index in [1.54, 1.807) is 18.5 Å². The van der Waals surface area contributed by atoms with E-state index in [0.29, 0.717) is 5.02 Å². The SMILES string of the molecule is Cn1cnnc1S[C@H]1c2cccc3cccc(c23)[C@H]1NS(=O)(=O)c1ccc(Cl)cc1. The first-order valence-corrected chi connectivity index (χ1v) is 12.0. The number of benzene rings is 3. The normalized spacial score (nSPS) is 18.2. The van der Waals surface area contributed by atoms with Gasteiger partial charge in [-0.1, -0.05) is 59.8 Å². The molecule has 1 aliphatic rings. The lowest BCUT2D eigenvalue weighted by atomic mass is 10.1. The van der Waals surface area contributed by atoms with E-state index in [4.69, 9.17) is 11.6 Å². The first-order valence-electron chi connectivity index (χ1n) is 9.24. The molecule has 0 saturated carbocycles. The Labute approximate surface area is 183 Å². The number of halogens is 1. The average Bonchev–Trinajstić information content (AvgIpc) is 3.26. The fraction of sp³-hybridized carbons (Fsp3) is 0.143. The smallest absolute Gasteiger partial charge is 0.241 e. The van der Waals surface area contributed by atoms with E-state index < -0.39 is 16.1 Å². The molecular weight excluding hydrogens is 440 g/mol. The van der Waals surface area contributed by atoms with Crippen LogP contribution in [0.3, 0.4) is 0 Å². The molecule has 0 unspecified atom stereocenters. The molecule has 0 radical (unpaired) electrons. The fourth-order valence-corrected chi connectivity index (χ4v) is 6.49. The molecule has 4 aromatic rings. The van der Waals surface area contributed by atoms with Gasteiger partial charge >= 0.3 is 0 Å². The number of hydrogen-bond acceptors (Lipinski definition) is 5. The van der Waals surface area contributed by atoms with Gasteiger partial charge in [-0.05, 0) is 46.2 Å². The second-order valence-electron chi connectivity index (χ2n) is 7.11. The molecule has 1 N–H and O–H groups in total. The van der Waals surface area contributed by atoms with E-state index in [9.17, 15) is 8.42 Å². The van der Waals surface area contributed by atoms with Crippen LogP contribution in [0.1, 0.15) is 22.4 Å². The van der Waals surface area contributed by atoms with Crippen LogP contribution in [-0.4, -0.2) is 23.2 Å². The third-order valence-electron chi connectivity index (χ3n) is 5.22.